The van der Waals surface area contributed by atoms with Gasteiger partial charge in [-0.05, 0) is 37.8 Å². The first-order chi connectivity index (χ1) is 17.3. The van der Waals surface area contributed by atoms with E-state index in [0.29, 0.717) is 37.2 Å². The molecule has 10 nitrogen and oxygen atoms in total. The molecule has 11 heteroatoms. The minimum absolute atomic E-state index is 0.118. The van der Waals surface area contributed by atoms with Gasteiger partial charge in [0.2, 0.25) is 15.9 Å². The lowest BCUT2D eigenvalue weighted by Gasteiger charge is -2.40. The molecule has 0 spiro atoms. The molecule has 0 radical (unpaired) electrons. The zero-order valence-corrected chi connectivity index (χ0v) is 23.0. The van der Waals surface area contributed by atoms with E-state index >= 15 is 0 Å². The van der Waals surface area contributed by atoms with Crippen LogP contribution in [0, 0.1) is 13.8 Å². The van der Waals surface area contributed by atoms with E-state index in [2.05, 4.69) is 4.90 Å². The zero-order valence-electron chi connectivity index (χ0n) is 22.1. The van der Waals surface area contributed by atoms with Gasteiger partial charge in [0.25, 0.3) is 0 Å². The van der Waals surface area contributed by atoms with Gasteiger partial charge in [0, 0.05) is 59.5 Å². The molecule has 1 amide bonds. The molecule has 0 saturated carbocycles. The van der Waals surface area contributed by atoms with Crippen LogP contribution < -0.4 is 0 Å². The molecular weight excluding hydrogens is 486 g/mol. The number of nitrogens with zero attached hydrogens (tertiary/aromatic N) is 3. The lowest BCUT2D eigenvalue weighted by molar-refractivity contribution is -0.137. The molecule has 0 bridgehead atoms. The van der Waals surface area contributed by atoms with Gasteiger partial charge in [0.1, 0.15) is 6.61 Å². The summed E-state index contributed by atoms with van der Waals surface area (Å²) in [4.78, 5) is 16.5. The number of carbonyl (C=O) groups excluding carboxylic acids is 1. The fourth-order valence-corrected chi connectivity index (χ4v) is 6.60. The molecule has 4 rings (SSSR count). The standard InChI is InChI=1S/C12H22N2O3.C12H17NO3S.CH4O/c1-16-10-12(15)14-4-2-11(3-5-14)13-6-8-17-9-7-13;1-10-4-3-5-11(2)12(10)17(14,15)13-6-8-16-9-7-13;1-2/h11H,2-10H2,1H3;3-5H,6-9H2,1-2H3;2H,1H3. The highest BCUT2D eigenvalue weighted by Gasteiger charge is 2.29. The summed E-state index contributed by atoms with van der Waals surface area (Å²) >= 11 is 0. The molecule has 0 atom stereocenters. The van der Waals surface area contributed by atoms with Gasteiger partial charge in [-0.25, -0.2) is 8.42 Å². The van der Waals surface area contributed by atoms with Crippen molar-refractivity contribution < 1.29 is 32.5 Å². The van der Waals surface area contributed by atoms with Crippen molar-refractivity contribution >= 4 is 15.9 Å². The fraction of sp³-hybridized carbons (Fsp3) is 0.720. The molecule has 3 heterocycles. The van der Waals surface area contributed by atoms with Crippen molar-refractivity contribution in [2.45, 2.75) is 37.6 Å². The lowest BCUT2D eigenvalue weighted by atomic mass is 10.0. The van der Waals surface area contributed by atoms with Gasteiger partial charge in [0.05, 0.1) is 31.3 Å². The summed E-state index contributed by atoms with van der Waals surface area (Å²) in [7, 11) is -0.802. The van der Waals surface area contributed by atoms with Crippen LogP contribution in [0.3, 0.4) is 0 Å². The predicted molar refractivity (Wildman–Crippen MR) is 138 cm³/mol. The summed E-state index contributed by atoms with van der Waals surface area (Å²) in [5, 5.41) is 7.00. The van der Waals surface area contributed by atoms with E-state index in [0.717, 1.165) is 70.5 Å². The number of methoxy groups -OCH3 is 1. The van der Waals surface area contributed by atoms with Crippen LogP contribution in [0.2, 0.25) is 0 Å². The van der Waals surface area contributed by atoms with Crippen LogP contribution in [0.15, 0.2) is 23.1 Å². The van der Waals surface area contributed by atoms with Crippen LogP contribution >= 0.6 is 0 Å². The highest BCUT2D eigenvalue weighted by atomic mass is 32.2. The third-order valence-electron chi connectivity index (χ3n) is 6.62. The lowest BCUT2D eigenvalue weighted by Crippen LogP contribution is -2.50. The molecule has 1 aromatic rings. The molecule has 206 valence electrons. The van der Waals surface area contributed by atoms with Crippen LogP contribution in [0.4, 0.5) is 0 Å². The van der Waals surface area contributed by atoms with Crippen LogP contribution in [0.25, 0.3) is 0 Å². The van der Waals surface area contributed by atoms with Crippen molar-refractivity contribution in [2.75, 3.05) is 86.5 Å². The molecule has 3 aliphatic heterocycles. The number of aliphatic hydroxyl groups excluding tert-OH is 1. The van der Waals surface area contributed by atoms with E-state index in [4.69, 9.17) is 19.3 Å². The molecular formula is C25H43N3O7S. The van der Waals surface area contributed by atoms with E-state index in [1.54, 1.807) is 7.11 Å². The number of aliphatic hydroxyl groups is 1. The van der Waals surface area contributed by atoms with Gasteiger partial charge < -0.3 is 24.2 Å². The van der Waals surface area contributed by atoms with Crippen LogP contribution in [0.5, 0.6) is 0 Å². The number of piperidine rings is 1. The van der Waals surface area contributed by atoms with Gasteiger partial charge in [-0.3, -0.25) is 9.69 Å². The average molecular weight is 530 g/mol. The monoisotopic (exact) mass is 529 g/mol. The van der Waals surface area contributed by atoms with E-state index in [1.807, 2.05) is 36.9 Å². The summed E-state index contributed by atoms with van der Waals surface area (Å²) in [6, 6.07) is 6.18. The second kappa shape index (κ2) is 15.6. The van der Waals surface area contributed by atoms with Crippen molar-refractivity contribution in [2.24, 2.45) is 0 Å². The second-order valence-electron chi connectivity index (χ2n) is 8.93. The Morgan fingerprint density at radius 2 is 1.44 bits per heavy atom. The van der Waals surface area contributed by atoms with Gasteiger partial charge >= 0.3 is 0 Å². The minimum atomic E-state index is -3.37. The number of rotatable bonds is 5. The minimum Gasteiger partial charge on any atom is -0.400 e. The Morgan fingerprint density at radius 1 is 0.944 bits per heavy atom. The number of hydrogen-bond donors (Lipinski definition) is 1. The number of likely N-dealkylation sites (tertiary alicyclic amines) is 1. The molecule has 1 aromatic carbocycles. The highest BCUT2D eigenvalue weighted by molar-refractivity contribution is 7.89. The Labute approximate surface area is 216 Å². The molecule has 3 fully saturated rings. The van der Waals surface area contributed by atoms with Crippen molar-refractivity contribution in [1.82, 2.24) is 14.1 Å². The van der Waals surface area contributed by atoms with Crippen molar-refractivity contribution in [3.63, 3.8) is 0 Å². The fourth-order valence-electron chi connectivity index (χ4n) is 4.76. The molecule has 0 aliphatic carbocycles. The highest BCUT2D eigenvalue weighted by Crippen LogP contribution is 2.24. The topological polar surface area (TPSA) is 109 Å². The molecule has 3 saturated heterocycles. The molecule has 36 heavy (non-hydrogen) atoms. The molecule has 0 aromatic heterocycles. The molecule has 3 aliphatic rings. The van der Waals surface area contributed by atoms with Gasteiger partial charge in [-0.1, -0.05) is 18.2 Å². The maximum absolute atomic E-state index is 12.5. The number of ether oxygens (including phenoxy) is 3. The van der Waals surface area contributed by atoms with Crippen LogP contribution in [0.1, 0.15) is 24.0 Å². The summed E-state index contributed by atoms with van der Waals surface area (Å²) < 4.78 is 41.9. The maximum Gasteiger partial charge on any atom is 0.248 e. The zero-order chi connectivity index (χ0) is 26.6. The number of sulfonamides is 1. The second-order valence-corrected chi connectivity index (χ2v) is 10.8. The number of benzene rings is 1. The predicted octanol–water partition coefficient (Wildman–Crippen LogP) is 0.889. The number of hydrogen-bond acceptors (Lipinski definition) is 8. The first kappa shape index (κ1) is 30.6. The first-order valence-corrected chi connectivity index (χ1v) is 14.0. The van der Waals surface area contributed by atoms with Crippen molar-refractivity contribution in [3.8, 4) is 0 Å². The molecule has 0 unspecified atom stereocenters. The van der Waals surface area contributed by atoms with Gasteiger partial charge in [-0.2, -0.15) is 4.31 Å². The number of carbonyl (C=O) groups is 1. The normalized spacial score (nSPS) is 20.1. The van der Waals surface area contributed by atoms with Crippen LogP contribution in [-0.2, 0) is 29.0 Å². The summed E-state index contributed by atoms with van der Waals surface area (Å²) in [5.74, 6) is 0.118. The summed E-state index contributed by atoms with van der Waals surface area (Å²) in [5.41, 5.74) is 1.60. The maximum atomic E-state index is 12.5. The third-order valence-corrected chi connectivity index (χ3v) is 8.83. The Balaban J connectivity index is 0.000000237. The summed E-state index contributed by atoms with van der Waals surface area (Å²) in [6.45, 7) is 11.2. The smallest absolute Gasteiger partial charge is 0.248 e. The Hall–Kier alpha value is -1.60. The number of amides is 1. The van der Waals surface area contributed by atoms with E-state index < -0.39 is 10.0 Å². The van der Waals surface area contributed by atoms with E-state index in [1.165, 1.54) is 4.31 Å². The third kappa shape index (κ3) is 8.47. The Kier molecular flexibility index (Phi) is 13.3. The average Bonchev–Trinajstić information content (AvgIpc) is 2.91. The SMILES string of the molecule is CO.COCC(=O)N1CCC(N2CCOCC2)CC1.Cc1cccc(C)c1S(=O)(=O)N1CCOCC1. The Bertz CT molecular complexity index is 873. The van der Waals surface area contributed by atoms with Gasteiger partial charge in [0.15, 0.2) is 0 Å². The largest absolute Gasteiger partial charge is 0.400 e. The van der Waals surface area contributed by atoms with Gasteiger partial charge in [-0.15, -0.1) is 0 Å². The quantitative estimate of drug-likeness (QED) is 0.599. The number of aryl methyl sites for hydroxylation is 2. The number of morpholine rings is 2. The Morgan fingerprint density at radius 3 is 1.94 bits per heavy atom. The van der Waals surface area contributed by atoms with Crippen molar-refractivity contribution in [1.29, 1.82) is 0 Å². The van der Waals surface area contributed by atoms with Crippen LogP contribution in [-0.4, -0.2) is 126 Å². The summed E-state index contributed by atoms with van der Waals surface area (Å²) in [6.07, 6.45) is 2.16. The van der Waals surface area contributed by atoms with Crippen molar-refractivity contribution in [3.05, 3.63) is 29.3 Å². The van der Waals surface area contributed by atoms with E-state index in [9.17, 15) is 13.2 Å². The first-order valence-electron chi connectivity index (χ1n) is 12.5. The van der Waals surface area contributed by atoms with E-state index in [-0.39, 0.29) is 12.5 Å². The molecule has 1 N–H and O–H groups in total.